The largest absolute Gasteiger partial charge is 0.390 e. The van der Waals surface area contributed by atoms with E-state index in [4.69, 9.17) is 5.11 Å². The first-order valence-corrected chi connectivity index (χ1v) is 4.83. The molecule has 4 heteroatoms. The minimum absolute atomic E-state index is 0.0617. The van der Waals surface area contributed by atoms with E-state index in [2.05, 4.69) is 29.4 Å². The number of hydrogen-bond acceptors (Lipinski definition) is 3. The summed E-state index contributed by atoms with van der Waals surface area (Å²) in [6, 6.07) is 8.24. The van der Waals surface area contributed by atoms with Crippen molar-refractivity contribution in [3.05, 3.63) is 47.3 Å². The van der Waals surface area contributed by atoms with Crippen molar-refractivity contribution >= 4 is 0 Å². The number of aliphatic hydroxyl groups is 1. The lowest BCUT2D eigenvalue weighted by Gasteiger charge is -2.01. The van der Waals surface area contributed by atoms with E-state index in [1.165, 1.54) is 11.1 Å². The predicted molar refractivity (Wildman–Crippen MR) is 56.2 cm³/mol. The second-order valence-corrected chi connectivity index (χ2v) is 3.55. The Labute approximate surface area is 88.2 Å². The van der Waals surface area contributed by atoms with Gasteiger partial charge in [0.05, 0.1) is 19.3 Å². The molecule has 1 heterocycles. The molecule has 2 aromatic rings. The lowest BCUT2D eigenvalue weighted by molar-refractivity contribution is 0.276. The van der Waals surface area contributed by atoms with Crippen LogP contribution in [0, 0.1) is 6.92 Å². The average Bonchev–Trinajstić information content (AvgIpc) is 2.65. The Kier molecular flexibility index (Phi) is 2.78. The monoisotopic (exact) mass is 203 g/mol. The third-order valence-corrected chi connectivity index (χ3v) is 2.18. The Morgan fingerprint density at radius 1 is 1.40 bits per heavy atom. The van der Waals surface area contributed by atoms with Crippen molar-refractivity contribution in [2.45, 2.75) is 20.1 Å². The van der Waals surface area contributed by atoms with E-state index >= 15 is 0 Å². The topological polar surface area (TPSA) is 50.9 Å². The first-order valence-electron chi connectivity index (χ1n) is 4.83. The van der Waals surface area contributed by atoms with Crippen LogP contribution in [0.25, 0.3) is 0 Å². The second-order valence-electron chi connectivity index (χ2n) is 3.55. The number of nitrogens with zero attached hydrogens (tertiary/aromatic N) is 3. The van der Waals surface area contributed by atoms with Gasteiger partial charge in [0, 0.05) is 0 Å². The van der Waals surface area contributed by atoms with Gasteiger partial charge in [0.15, 0.2) is 0 Å². The van der Waals surface area contributed by atoms with E-state index in [0.29, 0.717) is 12.2 Å². The number of rotatable bonds is 3. The van der Waals surface area contributed by atoms with Crippen LogP contribution in [-0.4, -0.2) is 20.1 Å². The zero-order valence-electron chi connectivity index (χ0n) is 8.59. The lowest BCUT2D eigenvalue weighted by Crippen LogP contribution is -2.00. The molecule has 0 unspecified atom stereocenters. The molecule has 0 radical (unpaired) electrons. The highest BCUT2D eigenvalue weighted by molar-refractivity contribution is 5.22. The minimum Gasteiger partial charge on any atom is -0.390 e. The van der Waals surface area contributed by atoms with Gasteiger partial charge in [-0.1, -0.05) is 35.0 Å². The van der Waals surface area contributed by atoms with Crippen LogP contribution >= 0.6 is 0 Å². The Hall–Kier alpha value is -1.68. The van der Waals surface area contributed by atoms with Crippen LogP contribution in [0.3, 0.4) is 0 Å². The average molecular weight is 203 g/mol. The number of benzene rings is 1. The van der Waals surface area contributed by atoms with Gasteiger partial charge in [-0.3, -0.25) is 0 Å². The summed E-state index contributed by atoms with van der Waals surface area (Å²) in [6.07, 6.45) is 1.75. The Bertz CT molecular complexity index is 451. The molecule has 0 amide bonds. The smallest absolute Gasteiger partial charge is 0.108 e. The second kappa shape index (κ2) is 4.23. The molecule has 0 aliphatic carbocycles. The van der Waals surface area contributed by atoms with Crippen LogP contribution in [0.5, 0.6) is 0 Å². The third-order valence-electron chi connectivity index (χ3n) is 2.18. The third kappa shape index (κ3) is 2.41. The van der Waals surface area contributed by atoms with E-state index in [1.807, 2.05) is 12.1 Å². The molecule has 0 saturated heterocycles. The van der Waals surface area contributed by atoms with Crippen LogP contribution in [0.15, 0.2) is 30.5 Å². The molecule has 0 aliphatic heterocycles. The summed E-state index contributed by atoms with van der Waals surface area (Å²) in [4.78, 5) is 0. The zero-order valence-corrected chi connectivity index (χ0v) is 8.59. The van der Waals surface area contributed by atoms with E-state index in [9.17, 15) is 0 Å². The van der Waals surface area contributed by atoms with E-state index in [1.54, 1.807) is 10.9 Å². The van der Waals surface area contributed by atoms with Crippen LogP contribution in [0.1, 0.15) is 16.8 Å². The first kappa shape index (κ1) is 9.86. The SMILES string of the molecule is Cc1cccc(Cn2cc(CO)nn2)c1. The van der Waals surface area contributed by atoms with Gasteiger partial charge in [0.2, 0.25) is 0 Å². The summed E-state index contributed by atoms with van der Waals surface area (Å²) in [5.41, 5.74) is 3.02. The van der Waals surface area contributed by atoms with Gasteiger partial charge in [0.25, 0.3) is 0 Å². The Morgan fingerprint density at radius 3 is 2.93 bits per heavy atom. The fraction of sp³-hybridized carbons (Fsp3) is 0.273. The highest BCUT2D eigenvalue weighted by atomic mass is 16.3. The van der Waals surface area contributed by atoms with Crippen molar-refractivity contribution in [2.24, 2.45) is 0 Å². The highest BCUT2D eigenvalue weighted by Gasteiger charge is 2.00. The molecule has 1 aromatic heterocycles. The molecule has 1 N–H and O–H groups in total. The number of aryl methyl sites for hydroxylation is 1. The Balaban J connectivity index is 2.14. The van der Waals surface area contributed by atoms with E-state index in [0.717, 1.165) is 0 Å². The number of aromatic nitrogens is 3. The van der Waals surface area contributed by atoms with Crippen LogP contribution in [0.4, 0.5) is 0 Å². The fourth-order valence-electron chi connectivity index (χ4n) is 1.49. The van der Waals surface area contributed by atoms with Crippen molar-refractivity contribution in [1.82, 2.24) is 15.0 Å². The van der Waals surface area contributed by atoms with Crippen molar-refractivity contribution in [2.75, 3.05) is 0 Å². The standard InChI is InChI=1S/C11H13N3O/c1-9-3-2-4-10(5-9)6-14-7-11(8-15)12-13-14/h2-5,7,15H,6,8H2,1H3. The molecule has 0 saturated carbocycles. The van der Waals surface area contributed by atoms with E-state index < -0.39 is 0 Å². The van der Waals surface area contributed by atoms with Gasteiger partial charge < -0.3 is 5.11 Å². The predicted octanol–water partition coefficient (Wildman–Crippen LogP) is 1.13. The molecular weight excluding hydrogens is 190 g/mol. The molecule has 2 rings (SSSR count). The van der Waals surface area contributed by atoms with Gasteiger partial charge in [-0.05, 0) is 12.5 Å². The number of hydrogen-bond donors (Lipinski definition) is 1. The molecule has 0 spiro atoms. The summed E-state index contributed by atoms with van der Waals surface area (Å²) in [5.74, 6) is 0. The fourth-order valence-corrected chi connectivity index (χ4v) is 1.49. The van der Waals surface area contributed by atoms with Crippen LogP contribution in [-0.2, 0) is 13.2 Å². The van der Waals surface area contributed by atoms with Gasteiger partial charge >= 0.3 is 0 Å². The summed E-state index contributed by atoms with van der Waals surface area (Å²) in [6.45, 7) is 2.69. The molecule has 0 bridgehead atoms. The number of aliphatic hydroxyl groups excluding tert-OH is 1. The summed E-state index contributed by atoms with van der Waals surface area (Å²) < 4.78 is 1.72. The Morgan fingerprint density at radius 2 is 2.27 bits per heavy atom. The lowest BCUT2D eigenvalue weighted by atomic mass is 10.1. The molecule has 0 aliphatic rings. The zero-order chi connectivity index (χ0) is 10.7. The highest BCUT2D eigenvalue weighted by Crippen LogP contribution is 2.05. The maximum atomic E-state index is 8.85. The summed E-state index contributed by atoms with van der Waals surface area (Å²) >= 11 is 0. The van der Waals surface area contributed by atoms with Crippen LogP contribution < -0.4 is 0 Å². The first-order chi connectivity index (χ1) is 7.28. The van der Waals surface area contributed by atoms with E-state index in [-0.39, 0.29) is 6.61 Å². The van der Waals surface area contributed by atoms with Crippen molar-refractivity contribution in [1.29, 1.82) is 0 Å². The van der Waals surface area contributed by atoms with Crippen molar-refractivity contribution < 1.29 is 5.11 Å². The minimum atomic E-state index is -0.0617. The molecule has 15 heavy (non-hydrogen) atoms. The maximum absolute atomic E-state index is 8.85. The maximum Gasteiger partial charge on any atom is 0.108 e. The van der Waals surface area contributed by atoms with Gasteiger partial charge in [0.1, 0.15) is 5.69 Å². The molecular formula is C11H13N3O. The quantitative estimate of drug-likeness (QED) is 0.813. The van der Waals surface area contributed by atoms with Crippen molar-refractivity contribution in [3.8, 4) is 0 Å². The molecule has 1 aromatic carbocycles. The van der Waals surface area contributed by atoms with Gasteiger partial charge in [-0.25, -0.2) is 4.68 Å². The van der Waals surface area contributed by atoms with Gasteiger partial charge in [-0.15, -0.1) is 5.10 Å². The molecule has 0 fully saturated rings. The normalized spacial score (nSPS) is 10.5. The van der Waals surface area contributed by atoms with Crippen LogP contribution in [0.2, 0.25) is 0 Å². The molecule has 4 nitrogen and oxygen atoms in total. The molecule has 0 atom stereocenters. The summed E-state index contributed by atoms with van der Waals surface area (Å²) in [7, 11) is 0. The summed E-state index contributed by atoms with van der Waals surface area (Å²) in [5, 5.41) is 16.6. The molecule has 78 valence electrons. The van der Waals surface area contributed by atoms with Crippen molar-refractivity contribution in [3.63, 3.8) is 0 Å². The van der Waals surface area contributed by atoms with Gasteiger partial charge in [-0.2, -0.15) is 0 Å².